The molecule has 1 atom stereocenters. The second-order valence-electron chi connectivity index (χ2n) is 6.40. The van der Waals surface area contributed by atoms with Crippen molar-refractivity contribution in [1.82, 2.24) is 10.0 Å². The van der Waals surface area contributed by atoms with Crippen molar-refractivity contribution in [1.29, 1.82) is 0 Å². The smallest absolute Gasteiger partial charge is 0.241 e. The second kappa shape index (κ2) is 11.5. The molecule has 1 unspecified atom stereocenters. The van der Waals surface area contributed by atoms with Crippen LogP contribution in [-0.4, -0.2) is 33.5 Å². The minimum Gasteiger partial charge on any atom is -0.355 e. The number of hydrogen-bond acceptors (Lipinski definition) is 4. The third-order valence-electron chi connectivity index (χ3n) is 3.58. The number of carbonyl (C=O) groups excluding carboxylic acids is 1. The Kier molecular flexibility index (Phi) is 10.9. The third-order valence-corrected chi connectivity index (χ3v) is 5.07. The molecule has 1 amide bonds. The van der Waals surface area contributed by atoms with Crippen LogP contribution in [0.4, 0.5) is 0 Å². The molecule has 0 spiro atoms. The van der Waals surface area contributed by atoms with Gasteiger partial charge in [0.1, 0.15) is 6.04 Å². The number of halogens is 1. The van der Waals surface area contributed by atoms with Crippen LogP contribution in [0.15, 0.2) is 29.2 Å². The molecule has 6 nitrogen and oxygen atoms in total. The Morgan fingerprint density at radius 1 is 1.16 bits per heavy atom. The molecule has 0 saturated heterocycles. The van der Waals surface area contributed by atoms with Gasteiger partial charge < -0.3 is 11.1 Å². The second-order valence-corrected chi connectivity index (χ2v) is 8.12. The van der Waals surface area contributed by atoms with Gasteiger partial charge in [-0.05, 0) is 50.8 Å². The van der Waals surface area contributed by atoms with E-state index in [0.29, 0.717) is 19.5 Å². The maximum atomic E-state index is 12.5. The highest BCUT2D eigenvalue weighted by Gasteiger charge is 2.26. The van der Waals surface area contributed by atoms with Gasteiger partial charge in [-0.25, -0.2) is 8.42 Å². The van der Waals surface area contributed by atoms with Crippen molar-refractivity contribution in [2.75, 3.05) is 13.1 Å². The predicted molar refractivity (Wildman–Crippen MR) is 103 cm³/mol. The molecule has 1 aromatic rings. The lowest BCUT2D eigenvalue weighted by atomic mass is 10.0. The van der Waals surface area contributed by atoms with Gasteiger partial charge in [0.15, 0.2) is 0 Å². The van der Waals surface area contributed by atoms with E-state index in [2.05, 4.69) is 10.0 Å². The first-order valence-electron chi connectivity index (χ1n) is 8.33. The quantitative estimate of drug-likeness (QED) is 0.530. The highest BCUT2D eigenvalue weighted by atomic mass is 35.5. The number of nitrogens with two attached hydrogens (primary N) is 1. The molecule has 0 bridgehead atoms. The summed E-state index contributed by atoms with van der Waals surface area (Å²) in [4.78, 5) is 12.5. The Labute approximate surface area is 157 Å². The summed E-state index contributed by atoms with van der Waals surface area (Å²) in [6, 6.07) is 5.78. The van der Waals surface area contributed by atoms with E-state index in [-0.39, 0.29) is 29.1 Å². The number of hydrogen-bond donors (Lipinski definition) is 3. The van der Waals surface area contributed by atoms with Crippen LogP contribution in [0.5, 0.6) is 0 Å². The zero-order valence-corrected chi connectivity index (χ0v) is 16.8. The van der Waals surface area contributed by atoms with Crippen molar-refractivity contribution in [2.24, 2.45) is 11.7 Å². The number of amides is 1. The van der Waals surface area contributed by atoms with Crippen LogP contribution in [0.3, 0.4) is 0 Å². The number of unbranched alkanes of at least 4 members (excludes halogenated alkanes) is 1. The van der Waals surface area contributed by atoms with Crippen LogP contribution in [-0.2, 0) is 14.8 Å². The molecule has 0 radical (unpaired) electrons. The molecule has 1 rings (SSSR count). The Morgan fingerprint density at radius 3 is 2.28 bits per heavy atom. The van der Waals surface area contributed by atoms with Gasteiger partial charge in [-0.2, -0.15) is 4.72 Å². The molecule has 144 valence electrons. The predicted octanol–water partition coefficient (Wildman–Crippen LogP) is 1.96. The van der Waals surface area contributed by atoms with E-state index in [1.54, 1.807) is 24.3 Å². The van der Waals surface area contributed by atoms with Gasteiger partial charge in [0.2, 0.25) is 15.9 Å². The van der Waals surface area contributed by atoms with Gasteiger partial charge in [-0.1, -0.05) is 31.5 Å². The fourth-order valence-electron chi connectivity index (χ4n) is 2.26. The molecular formula is C17H30ClN3O3S. The Morgan fingerprint density at radius 2 is 1.76 bits per heavy atom. The average Bonchev–Trinajstić information content (AvgIpc) is 2.50. The molecule has 0 aromatic heterocycles. The first-order valence-corrected chi connectivity index (χ1v) is 9.81. The summed E-state index contributed by atoms with van der Waals surface area (Å²) in [5.74, 6) is -0.109. The maximum Gasteiger partial charge on any atom is 0.241 e. The summed E-state index contributed by atoms with van der Waals surface area (Å²) < 4.78 is 27.6. The number of carbonyl (C=O) groups is 1. The van der Waals surface area contributed by atoms with E-state index in [0.717, 1.165) is 18.4 Å². The minimum atomic E-state index is -3.73. The van der Waals surface area contributed by atoms with Crippen LogP contribution in [0.25, 0.3) is 0 Å². The monoisotopic (exact) mass is 391 g/mol. The number of nitrogens with one attached hydrogen (secondary N) is 2. The highest BCUT2D eigenvalue weighted by Crippen LogP contribution is 2.13. The number of aryl methyl sites for hydroxylation is 1. The first-order chi connectivity index (χ1) is 11.3. The number of sulfonamides is 1. The molecule has 0 fully saturated rings. The molecular weight excluding hydrogens is 362 g/mol. The summed E-state index contributed by atoms with van der Waals surface area (Å²) in [6.45, 7) is 6.87. The Hall–Kier alpha value is -1.15. The van der Waals surface area contributed by atoms with Gasteiger partial charge in [-0.3, -0.25) is 4.79 Å². The topological polar surface area (TPSA) is 101 Å². The van der Waals surface area contributed by atoms with Crippen LogP contribution in [0.1, 0.15) is 38.7 Å². The van der Waals surface area contributed by atoms with Crippen molar-refractivity contribution in [3.63, 3.8) is 0 Å². The largest absolute Gasteiger partial charge is 0.355 e. The molecule has 4 N–H and O–H groups in total. The fourth-order valence-corrected chi connectivity index (χ4v) is 3.47. The SMILES string of the molecule is Cc1ccc(S(=O)(=O)NC(CC(C)C)C(=O)NCCCCN)cc1.Cl. The lowest BCUT2D eigenvalue weighted by Gasteiger charge is -2.20. The lowest BCUT2D eigenvalue weighted by molar-refractivity contribution is -0.123. The average molecular weight is 392 g/mol. The molecule has 8 heteroatoms. The maximum absolute atomic E-state index is 12.5. The highest BCUT2D eigenvalue weighted by molar-refractivity contribution is 7.89. The summed E-state index contributed by atoms with van der Waals surface area (Å²) in [6.07, 6.45) is 2.04. The van der Waals surface area contributed by atoms with E-state index >= 15 is 0 Å². The molecule has 0 heterocycles. The lowest BCUT2D eigenvalue weighted by Crippen LogP contribution is -2.47. The summed E-state index contributed by atoms with van der Waals surface area (Å²) >= 11 is 0. The molecule has 1 aromatic carbocycles. The zero-order valence-electron chi connectivity index (χ0n) is 15.1. The molecule has 25 heavy (non-hydrogen) atoms. The van der Waals surface area contributed by atoms with Gasteiger partial charge in [0.25, 0.3) is 0 Å². The molecule has 0 aliphatic rings. The van der Waals surface area contributed by atoms with Gasteiger partial charge in [0.05, 0.1) is 4.90 Å². The van der Waals surface area contributed by atoms with E-state index < -0.39 is 16.1 Å². The summed E-state index contributed by atoms with van der Waals surface area (Å²) in [5.41, 5.74) is 6.40. The Balaban J connectivity index is 0.00000576. The van der Waals surface area contributed by atoms with Crippen molar-refractivity contribution < 1.29 is 13.2 Å². The normalized spacial score (nSPS) is 12.5. The number of rotatable bonds is 10. The van der Waals surface area contributed by atoms with E-state index in [4.69, 9.17) is 5.73 Å². The standard InChI is InChI=1S/C17H29N3O3S.ClH/c1-13(2)12-16(17(21)19-11-5-4-10-18)20-24(22,23)15-8-6-14(3)7-9-15;/h6-9,13,16,20H,4-5,10-12,18H2,1-3H3,(H,19,21);1H. The van der Waals surface area contributed by atoms with E-state index in [1.807, 2.05) is 20.8 Å². The van der Waals surface area contributed by atoms with Gasteiger partial charge in [0, 0.05) is 6.54 Å². The molecule has 0 aliphatic heterocycles. The van der Waals surface area contributed by atoms with Gasteiger partial charge in [-0.15, -0.1) is 12.4 Å². The first kappa shape index (κ1) is 23.9. The van der Waals surface area contributed by atoms with Crippen LogP contribution >= 0.6 is 12.4 Å². The molecule has 0 saturated carbocycles. The van der Waals surface area contributed by atoms with Crippen molar-refractivity contribution in [3.05, 3.63) is 29.8 Å². The van der Waals surface area contributed by atoms with Crippen molar-refractivity contribution in [2.45, 2.75) is 51.0 Å². The van der Waals surface area contributed by atoms with Gasteiger partial charge >= 0.3 is 0 Å². The minimum absolute atomic E-state index is 0. The van der Waals surface area contributed by atoms with Crippen LogP contribution in [0.2, 0.25) is 0 Å². The fraction of sp³-hybridized carbons (Fsp3) is 0.588. The third kappa shape index (κ3) is 8.67. The summed E-state index contributed by atoms with van der Waals surface area (Å²) in [7, 11) is -3.73. The van der Waals surface area contributed by atoms with Crippen LogP contribution in [0, 0.1) is 12.8 Å². The number of benzene rings is 1. The van der Waals surface area contributed by atoms with Crippen molar-refractivity contribution in [3.8, 4) is 0 Å². The van der Waals surface area contributed by atoms with E-state index in [1.165, 1.54) is 0 Å². The molecule has 0 aliphatic carbocycles. The zero-order chi connectivity index (χ0) is 18.2. The summed E-state index contributed by atoms with van der Waals surface area (Å²) in [5, 5.41) is 2.78. The van der Waals surface area contributed by atoms with Crippen molar-refractivity contribution >= 4 is 28.3 Å². The van der Waals surface area contributed by atoms with Crippen LogP contribution < -0.4 is 15.8 Å². The Bertz CT molecular complexity index is 619. The van der Waals surface area contributed by atoms with E-state index in [9.17, 15) is 13.2 Å².